The Labute approximate surface area is 112 Å². The molecule has 0 aliphatic heterocycles. The van der Waals surface area contributed by atoms with Crippen LogP contribution in [0.2, 0.25) is 0 Å². The Kier molecular flexibility index (Phi) is 4.38. The summed E-state index contributed by atoms with van der Waals surface area (Å²) < 4.78 is 1.79. The SMILES string of the molecule is CCC(NC)c1ccccc1Sc1ncnn1C. The van der Waals surface area contributed by atoms with Crippen molar-refractivity contribution in [1.29, 1.82) is 0 Å². The maximum Gasteiger partial charge on any atom is 0.190 e. The first kappa shape index (κ1) is 13.1. The maximum absolute atomic E-state index is 4.26. The van der Waals surface area contributed by atoms with Gasteiger partial charge in [-0.2, -0.15) is 5.10 Å². The van der Waals surface area contributed by atoms with Gasteiger partial charge in [0.2, 0.25) is 0 Å². The van der Waals surface area contributed by atoms with E-state index in [1.807, 2.05) is 14.1 Å². The van der Waals surface area contributed by atoms with E-state index >= 15 is 0 Å². The number of aromatic nitrogens is 3. The number of nitrogens with zero attached hydrogens (tertiary/aromatic N) is 3. The highest BCUT2D eigenvalue weighted by Crippen LogP contribution is 2.32. The molecule has 0 aliphatic rings. The molecule has 0 radical (unpaired) electrons. The molecule has 1 unspecified atom stereocenters. The number of nitrogens with one attached hydrogen (secondary N) is 1. The van der Waals surface area contributed by atoms with Crippen LogP contribution in [-0.2, 0) is 7.05 Å². The van der Waals surface area contributed by atoms with Gasteiger partial charge in [-0.3, -0.25) is 0 Å². The first-order chi connectivity index (χ1) is 8.76. The molecule has 4 nitrogen and oxygen atoms in total. The molecule has 1 heterocycles. The Morgan fingerprint density at radius 2 is 2.17 bits per heavy atom. The van der Waals surface area contributed by atoms with Crippen molar-refractivity contribution in [3.63, 3.8) is 0 Å². The number of hydrogen-bond acceptors (Lipinski definition) is 4. The molecule has 1 atom stereocenters. The van der Waals surface area contributed by atoms with E-state index in [0.29, 0.717) is 6.04 Å². The lowest BCUT2D eigenvalue weighted by Crippen LogP contribution is -2.16. The molecule has 0 aliphatic carbocycles. The summed E-state index contributed by atoms with van der Waals surface area (Å²) in [4.78, 5) is 5.49. The van der Waals surface area contributed by atoms with E-state index in [9.17, 15) is 0 Å². The minimum atomic E-state index is 0.377. The lowest BCUT2D eigenvalue weighted by atomic mass is 10.1. The number of hydrogen-bond donors (Lipinski definition) is 1. The van der Waals surface area contributed by atoms with Crippen molar-refractivity contribution < 1.29 is 0 Å². The molecule has 0 saturated carbocycles. The largest absolute Gasteiger partial charge is 0.313 e. The van der Waals surface area contributed by atoms with Crippen LogP contribution in [0.4, 0.5) is 0 Å². The first-order valence-corrected chi connectivity index (χ1v) is 6.86. The van der Waals surface area contributed by atoms with Crippen LogP contribution in [0.25, 0.3) is 0 Å². The van der Waals surface area contributed by atoms with Crippen molar-refractivity contribution in [2.45, 2.75) is 29.4 Å². The third-order valence-corrected chi connectivity index (χ3v) is 4.07. The van der Waals surface area contributed by atoms with Gasteiger partial charge >= 0.3 is 0 Å². The molecule has 5 heteroatoms. The van der Waals surface area contributed by atoms with E-state index in [1.165, 1.54) is 10.5 Å². The summed E-state index contributed by atoms with van der Waals surface area (Å²) in [6.07, 6.45) is 2.65. The van der Waals surface area contributed by atoms with Gasteiger partial charge in [-0.25, -0.2) is 9.67 Å². The fourth-order valence-corrected chi connectivity index (χ4v) is 2.87. The quantitative estimate of drug-likeness (QED) is 0.899. The van der Waals surface area contributed by atoms with Crippen molar-refractivity contribution in [2.24, 2.45) is 7.05 Å². The summed E-state index contributed by atoms with van der Waals surface area (Å²) in [5.41, 5.74) is 1.32. The third-order valence-electron chi connectivity index (χ3n) is 2.92. The van der Waals surface area contributed by atoms with Gasteiger partial charge in [0.15, 0.2) is 5.16 Å². The van der Waals surface area contributed by atoms with E-state index < -0.39 is 0 Å². The van der Waals surface area contributed by atoms with Crippen LogP contribution in [0.5, 0.6) is 0 Å². The van der Waals surface area contributed by atoms with Crippen LogP contribution in [0.1, 0.15) is 24.9 Å². The standard InChI is InChI=1S/C13H18N4S/c1-4-11(14-2)10-7-5-6-8-12(10)18-13-15-9-16-17(13)3/h5-9,11,14H,4H2,1-3H3. The average molecular weight is 262 g/mol. The molecule has 2 rings (SSSR count). The third kappa shape index (κ3) is 2.73. The highest BCUT2D eigenvalue weighted by Gasteiger charge is 2.13. The van der Waals surface area contributed by atoms with Gasteiger partial charge in [0, 0.05) is 18.0 Å². The summed E-state index contributed by atoms with van der Waals surface area (Å²) in [6, 6.07) is 8.82. The normalized spacial score (nSPS) is 12.6. The predicted octanol–water partition coefficient (Wildman–Crippen LogP) is 2.64. The number of rotatable bonds is 5. The molecular formula is C13H18N4S. The van der Waals surface area contributed by atoms with Crippen LogP contribution in [0, 0.1) is 0 Å². The van der Waals surface area contributed by atoms with E-state index in [2.05, 4.69) is 46.6 Å². The van der Waals surface area contributed by atoms with Gasteiger partial charge < -0.3 is 5.32 Å². The van der Waals surface area contributed by atoms with E-state index in [0.717, 1.165) is 11.6 Å². The molecule has 0 fully saturated rings. The molecular weight excluding hydrogens is 244 g/mol. The van der Waals surface area contributed by atoms with Gasteiger partial charge in [-0.1, -0.05) is 25.1 Å². The van der Waals surface area contributed by atoms with Crippen molar-refractivity contribution in [2.75, 3.05) is 7.05 Å². The van der Waals surface area contributed by atoms with E-state index in [4.69, 9.17) is 0 Å². The second-order valence-corrected chi connectivity index (χ2v) is 5.06. The second-order valence-electron chi connectivity index (χ2n) is 4.06. The lowest BCUT2D eigenvalue weighted by molar-refractivity contribution is 0.568. The van der Waals surface area contributed by atoms with Crippen molar-refractivity contribution >= 4 is 11.8 Å². The van der Waals surface area contributed by atoms with Gasteiger partial charge in [0.25, 0.3) is 0 Å². The van der Waals surface area contributed by atoms with Crippen LogP contribution in [0.15, 0.2) is 40.6 Å². The van der Waals surface area contributed by atoms with Gasteiger partial charge in [0.05, 0.1) is 0 Å². The Morgan fingerprint density at radius 3 is 2.78 bits per heavy atom. The van der Waals surface area contributed by atoms with Crippen LogP contribution < -0.4 is 5.32 Å². The second kappa shape index (κ2) is 6.02. The highest BCUT2D eigenvalue weighted by atomic mass is 32.2. The molecule has 96 valence electrons. The van der Waals surface area contributed by atoms with E-state index in [1.54, 1.807) is 22.8 Å². The van der Waals surface area contributed by atoms with Crippen molar-refractivity contribution in [3.05, 3.63) is 36.2 Å². The molecule has 0 amide bonds. The Hall–Kier alpha value is -1.33. The highest BCUT2D eigenvalue weighted by molar-refractivity contribution is 7.99. The summed E-state index contributed by atoms with van der Waals surface area (Å²) in [7, 11) is 3.91. The first-order valence-electron chi connectivity index (χ1n) is 6.04. The fraction of sp³-hybridized carbons (Fsp3) is 0.385. The summed E-state index contributed by atoms with van der Waals surface area (Å²) >= 11 is 1.66. The zero-order chi connectivity index (χ0) is 13.0. The number of benzene rings is 1. The monoisotopic (exact) mass is 262 g/mol. The summed E-state index contributed by atoms with van der Waals surface area (Å²) in [6.45, 7) is 2.19. The Bertz CT molecular complexity index is 505. The topological polar surface area (TPSA) is 42.7 Å². The average Bonchev–Trinajstić information content (AvgIpc) is 2.79. The van der Waals surface area contributed by atoms with Crippen molar-refractivity contribution in [1.82, 2.24) is 20.1 Å². The smallest absolute Gasteiger partial charge is 0.190 e. The Balaban J connectivity index is 2.30. The lowest BCUT2D eigenvalue weighted by Gasteiger charge is -2.17. The van der Waals surface area contributed by atoms with Crippen LogP contribution >= 0.6 is 11.8 Å². The molecule has 2 aromatic rings. The molecule has 1 aromatic heterocycles. The van der Waals surface area contributed by atoms with Gasteiger partial charge in [-0.05, 0) is 36.9 Å². The van der Waals surface area contributed by atoms with Crippen LogP contribution in [-0.4, -0.2) is 21.8 Å². The van der Waals surface area contributed by atoms with Gasteiger partial charge in [-0.15, -0.1) is 0 Å². The minimum Gasteiger partial charge on any atom is -0.313 e. The minimum absolute atomic E-state index is 0.377. The zero-order valence-electron chi connectivity index (χ0n) is 10.9. The fourth-order valence-electron chi connectivity index (χ4n) is 1.92. The van der Waals surface area contributed by atoms with Gasteiger partial charge in [0.1, 0.15) is 6.33 Å². The molecule has 0 bridgehead atoms. The molecule has 0 saturated heterocycles. The maximum atomic E-state index is 4.26. The number of aryl methyl sites for hydroxylation is 1. The Morgan fingerprint density at radius 1 is 1.39 bits per heavy atom. The van der Waals surface area contributed by atoms with Crippen LogP contribution in [0.3, 0.4) is 0 Å². The molecule has 1 aromatic carbocycles. The van der Waals surface area contributed by atoms with E-state index in [-0.39, 0.29) is 0 Å². The summed E-state index contributed by atoms with van der Waals surface area (Å²) in [5.74, 6) is 0. The zero-order valence-corrected chi connectivity index (χ0v) is 11.7. The van der Waals surface area contributed by atoms with Crippen molar-refractivity contribution in [3.8, 4) is 0 Å². The molecule has 0 spiro atoms. The molecule has 1 N–H and O–H groups in total. The molecule has 18 heavy (non-hydrogen) atoms. The predicted molar refractivity (Wildman–Crippen MR) is 73.7 cm³/mol. The summed E-state index contributed by atoms with van der Waals surface area (Å²) in [5, 5.41) is 8.35.